The molecule has 110 valence electrons. The zero-order valence-corrected chi connectivity index (χ0v) is 12.2. The van der Waals surface area contributed by atoms with Gasteiger partial charge in [-0.3, -0.25) is 4.79 Å². The average molecular weight is 277 g/mol. The molecule has 1 aromatic rings. The zero-order chi connectivity index (χ0) is 14.5. The minimum absolute atomic E-state index is 0.102. The maximum Gasteiger partial charge on any atom is 0.305 e. The summed E-state index contributed by atoms with van der Waals surface area (Å²) >= 11 is 0. The highest BCUT2D eigenvalue weighted by molar-refractivity contribution is 5.68. The van der Waals surface area contributed by atoms with Gasteiger partial charge in [0.2, 0.25) is 0 Å². The molecule has 0 fully saturated rings. The van der Waals surface area contributed by atoms with Crippen molar-refractivity contribution in [3.63, 3.8) is 0 Å². The first-order valence-corrected chi connectivity index (χ1v) is 7.39. The fourth-order valence-electron chi connectivity index (χ4n) is 2.64. The highest BCUT2D eigenvalue weighted by Gasteiger charge is 2.21. The molecular formula is C15H23N3O2. The Bertz CT molecular complexity index is 474. The second-order valence-electron chi connectivity index (χ2n) is 5.80. The normalized spacial score (nSPS) is 16.4. The van der Waals surface area contributed by atoms with E-state index in [4.69, 9.17) is 5.11 Å². The number of rotatable bonds is 5. The smallest absolute Gasteiger partial charge is 0.305 e. The van der Waals surface area contributed by atoms with Crippen molar-refractivity contribution in [1.82, 2.24) is 9.97 Å². The van der Waals surface area contributed by atoms with E-state index in [-0.39, 0.29) is 18.4 Å². The predicted molar refractivity (Wildman–Crippen MR) is 77.8 cm³/mol. The van der Waals surface area contributed by atoms with E-state index >= 15 is 0 Å². The lowest BCUT2D eigenvalue weighted by Gasteiger charge is -2.23. The van der Waals surface area contributed by atoms with E-state index in [1.165, 1.54) is 18.4 Å². The van der Waals surface area contributed by atoms with Crippen molar-refractivity contribution in [3.8, 4) is 0 Å². The number of carboxylic acids is 1. The molecule has 5 heteroatoms. The Morgan fingerprint density at radius 3 is 2.75 bits per heavy atom. The molecule has 20 heavy (non-hydrogen) atoms. The van der Waals surface area contributed by atoms with Gasteiger partial charge >= 0.3 is 5.97 Å². The molecule has 0 saturated heterocycles. The molecule has 0 radical (unpaired) electrons. The van der Waals surface area contributed by atoms with Crippen LogP contribution in [0.4, 0.5) is 5.82 Å². The highest BCUT2D eigenvalue weighted by Crippen LogP contribution is 2.25. The third-order valence-electron chi connectivity index (χ3n) is 3.90. The zero-order valence-electron chi connectivity index (χ0n) is 12.2. The van der Waals surface area contributed by atoms with E-state index in [9.17, 15) is 4.79 Å². The number of nitrogens with one attached hydrogen (secondary N) is 1. The molecular weight excluding hydrogens is 254 g/mol. The first kappa shape index (κ1) is 14.8. The van der Waals surface area contributed by atoms with E-state index in [2.05, 4.69) is 15.3 Å². The topological polar surface area (TPSA) is 75.1 Å². The van der Waals surface area contributed by atoms with Crippen LogP contribution in [0.25, 0.3) is 0 Å². The molecule has 0 amide bonds. The van der Waals surface area contributed by atoms with Crippen molar-refractivity contribution in [2.45, 2.75) is 58.4 Å². The van der Waals surface area contributed by atoms with Gasteiger partial charge in [0.25, 0.3) is 0 Å². The monoisotopic (exact) mass is 277 g/mol. The highest BCUT2D eigenvalue weighted by atomic mass is 16.4. The van der Waals surface area contributed by atoms with Crippen molar-refractivity contribution in [3.05, 3.63) is 17.6 Å². The molecule has 0 aliphatic heterocycles. The lowest BCUT2D eigenvalue weighted by atomic mass is 10.00. The molecule has 0 saturated carbocycles. The molecule has 0 aromatic carbocycles. The summed E-state index contributed by atoms with van der Waals surface area (Å²) < 4.78 is 0. The minimum atomic E-state index is -0.781. The van der Waals surface area contributed by atoms with Crippen LogP contribution >= 0.6 is 0 Å². The molecule has 1 aliphatic rings. The van der Waals surface area contributed by atoms with Crippen LogP contribution in [0, 0.1) is 5.92 Å². The maximum absolute atomic E-state index is 11.0. The summed E-state index contributed by atoms with van der Waals surface area (Å²) in [6.07, 6.45) is 7.22. The summed E-state index contributed by atoms with van der Waals surface area (Å²) in [5.41, 5.74) is 2.30. The number of aliphatic carboxylic acids is 1. The summed E-state index contributed by atoms with van der Waals surface area (Å²) in [4.78, 5) is 19.7. The van der Waals surface area contributed by atoms with Crippen molar-refractivity contribution in [2.24, 2.45) is 5.92 Å². The van der Waals surface area contributed by atoms with Gasteiger partial charge in [-0.1, -0.05) is 20.3 Å². The number of fused-ring (bicyclic) bond motifs is 1. The summed E-state index contributed by atoms with van der Waals surface area (Å²) in [6, 6.07) is -0.102. The van der Waals surface area contributed by atoms with Crippen molar-refractivity contribution < 1.29 is 9.90 Å². The number of anilines is 1. The van der Waals surface area contributed by atoms with Crippen LogP contribution in [0.15, 0.2) is 6.33 Å². The molecule has 2 N–H and O–H groups in total. The molecule has 1 aromatic heterocycles. The van der Waals surface area contributed by atoms with E-state index in [1.54, 1.807) is 6.33 Å². The van der Waals surface area contributed by atoms with Crippen LogP contribution in [-0.2, 0) is 17.6 Å². The van der Waals surface area contributed by atoms with Gasteiger partial charge < -0.3 is 10.4 Å². The Kier molecular flexibility index (Phi) is 4.93. The number of aromatic nitrogens is 2. The van der Waals surface area contributed by atoms with Gasteiger partial charge in [0.1, 0.15) is 12.1 Å². The molecule has 0 bridgehead atoms. The molecule has 1 unspecified atom stereocenters. The summed E-state index contributed by atoms with van der Waals surface area (Å²) in [5, 5.41) is 12.4. The Labute approximate surface area is 119 Å². The van der Waals surface area contributed by atoms with Crippen molar-refractivity contribution >= 4 is 11.8 Å². The van der Waals surface area contributed by atoms with Gasteiger partial charge in [0, 0.05) is 17.3 Å². The van der Waals surface area contributed by atoms with Crippen LogP contribution in [0.5, 0.6) is 0 Å². The predicted octanol–water partition coefficient (Wildman–Crippen LogP) is 2.66. The summed E-state index contributed by atoms with van der Waals surface area (Å²) in [7, 11) is 0. The Morgan fingerprint density at radius 2 is 2.05 bits per heavy atom. The average Bonchev–Trinajstić information content (AvgIpc) is 2.63. The third kappa shape index (κ3) is 3.68. The van der Waals surface area contributed by atoms with Crippen LogP contribution in [0.3, 0.4) is 0 Å². The van der Waals surface area contributed by atoms with Gasteiger partial charge in [0.05, 0.1) is 6.42 Å². The lowest BCUT2D eigenvalue weighted by Crippen LogP contribution is -2.29. The van der Waals surface area contributed by atoms with E-state index in [0.717, 1.165) is 30.8 Å². The van der Waals surface area contributed by atoms with Gasteiger partial charge in [-0.2, -0.15) is 0 Å². The molecule has 5 nitrogen and oxygen atoms in total. The van der Waals surface area contributed by atoms with Gasteiger partial charge in [-0.15, -0.1) is 0 Å². The molecule has 0 spiro atoms. The van der Waals surface area contributed by atoms with Crippen LogP contribution in [0.1, 0.15) is 50.8 Å². The SMILES string of the molecule is CC(C)C(CC(=O)O)Nc1ncnc2c1CCCCC2. The maximum atomic E-state index is 11.0. The van der Waals surface area contributed by atoms with Crippen LogP contribution in [-0.4, -0.2) is 27.1 Å². The van der Waals surface area contributed by atoms with E-state index in [0.29, 0.717) is 0 Å². The fraction of sp³-hybridized carbons (Fsp3) is 0.667. The lowest BCUT2D eigenvalue weighted by molar-refractivity contribution is -0.137. The van der Waals surface area contributed by atoms with E-state index < -0.39 is 5.97 Å². The Hall–Kier alpha value is -1.65. The number of hydrogen-bond donors (Lipinski definition) is 2. The Balaban J connectivity index is 2.21. The standard InChI is InChI=1S/C15H23N3O2/c1-10(2)13(8-14(19)20)18-15-11-6-4-3-5-7-12(11)16-9-17-15/h9-10,13H,3-8H2,1-2H3,(H,19,20)(H,16,17,18). The first-order chi connectivity index (χ1) is 9.58. The van der Waals surface area contributed by atoms with Crippen LogP contribution in [0.2, 0.25) is 0 Å². The van der Waals surface area contributed by atoms with Crippen molar-refractivity contribution in [1.29, 1.82) is 0 Å². The summed E-state index contributed by atoms with van der Waals surface area (Å²) in [6.45, 7) is 4.06. The number of carbonyl (C=O) groups is 1. The van der Waals surface area contributed by atoms with Gasteiger partial charge in [0.15, 0.2) is 0 Å². The second-order valence-corrected chi connectivity index (χ2v) is 5.80. The molecule has 1 aliphatic carbocycles. The Morgan fingerprint density at radius 1 is 1.30 bits per heavy atom. The van der Waals surface area contributed by atoms with Crippen LogP contribution < -0.4 is 5.32 Å². The van der Waals surface area contributed by atoms with Gasteiger partial charge in [-0.25, -0.2) is 9.97 Å². The third-order valence-corrected chi connectivity index (χ3v) is 3.90. The molecule has 1 atom stereocenters. The number of nitrogens with zero attached hydrogens (tertiary/aromatic N) is 2. The second kappa shape index (κ2) is 6.68. The number of hydrogen-bond acceptors (Lipinski definition) is 4. The largest absolute Gasteiger partial charge is 0.481 e. The quantitative estimate of drug-likeness (QED) is 0.809. The van der Waals surface area contributed by atoms with Crippen molar-refractivity contribution in [2.75, 3.05) is 5.32 Å². The first-order valence-electron chi connectivity index (χ1n) is 7.39. The molecule has 1 heterocycles. The molecule has 2 rings (SSSR count). The summed E-state index contributed by atoms with van der Waals surface area (Å²) in [5.74, 6) is 0.288. The van der Waals surface area contributed by atoms with E-state index in [1.807, 2.05) is 13.8 Å². The fourth-order valence-corrected chi connectivity index (χ4v) is 2.64. The number of aryl methyl sites for hydroxylation is 1. The van der Waals surface area contributed by atoms with Gasteiger partial charge in [-0.05, 0) is 31.6 Å². The minimum Gasteiger partial charge on any atom is -0.481 e. The number of carboxylic acid groups (broad SMARTS) is 1.